The molecule has 6 heteroatoms. The van der Waals surface area contributed by atoms with Gasteiger partial charge in [-0.3, -0.25) is 4.98 Å². The van der Waals surface area contributed by atoms with Crippen molar-refractivity contribution in [1.29, 1.82) is 0 Å². The van der Waals surface area contributed by atoms with Crippen molar-refractivity contribution in [3.05, 3.63) is 30.5 Å². The maximum Gasteiger partial charge on any atom is 0.316 e. The standard InChI is InChI=1S/C14H19N5O/c1-19(2)14(20)18-9-8-16-12-6-5-11(15)10-4-3-7-17-13(10)12/h3-7,16H,8-9,15H2,1-2H3,(H,18,20). The zero-order valence-electron chi connectivity index (χ0n) is 11.7. The van der Waals surface area contributed by atoms with E-state index in [1.165, 1.54) is 4.90 Å². The maximum absolute atomic E-state index is 11.4. The molecule has 20 heavy (non-hydrogen) atoms. The highest BCUT2D eigenvalue weighted by molar-refractivity contribution is 5.98. The van der Waals surface area contributed by atoms with E-state index in [0.717, 1.165) is 16.6 Å². The molecule has 106 valence electrons. The zero-order chi connectivity index (χ0) is 14.5. The summed E-state index contributed by atoms with van der Waals surface area (Å²) in [6.45, 7) is 1.16. The summed E-state index contributed by atoms with van der Waals surface area (Å²) in [6.07, 6.45) is 1.74. The van der Waals surface area contributed by atoms with Crippen molar-refractivity contribution < 1.29 is 4.79 Å². The highest BCUT2D eigenvalue weighted by Crippen LogP contribution is 2.25. The van der Waals surface area contributed by atoms with E-state index in [2.05, 4.69) is 15.6 Å². The Morgan fingerprint density at radius 1 is 1.30 bits per heavy atom. The van der Waals surface area contributed by atoms with E-state index in [1.54, 1.807) is 20.3 Å². The van der Waals surface area contributed by atoms with E-state index in [9.17, 15) is 4.79 Å². The quantitative estimate of drug-likeness (QED) is 0.582. The second kappa shape index (κ2) is 6.10. The monoisotopic (exact) mass is 273 g/mol. The van der Waals surface area contributed by atoms with Gasteiger partial charge in [0.05, 0.1) is 11.2 Å². The van der Waals surface area contributed by atoms with Gasteiger partial charge in [-0.25, -0.2) is 4.79 Å². The number of fused-ring (bicyclic) bond motifs is 1. The van der Waals surface area contributed by atoms with Gasteiger partial charge in [0.15, 0.2) is 0 Å². The molecule has 0 saturated carbocycles. The van der Waals surface area contributed by atoms with Crippen LogP contribution in [-0.2, 0) is 0 Å². The van der Waals surface area contributed by atoms with Gasteiger partial charge in [-0.15, -0.1) is 0 Å². The van der Waals surface area contributed by atoms with Crippen LogP contribution in [0.15, 0.2) is 30.5 Å². The number of anilines is 2. The molecule has 2 amide bonds. The molecule has 0 aliphatic heterocycles. The number of carbonyl (C=O) groups is 1. The summed E-state index contributed by atoms with van der Waals surface area (Å²) in [5.41, 5.74) is 8.38. The number of nitrogens with one attached hydrogen (secondary N) is 2. The number of hydrogen-bond donors (Lipinski definition) is 3. The maximum atomic E-state index is 11.4. The SMILES string of the molecule is CN(C)C(=O)NCCNc1ccc(N)c2cccnc12. The fourth-order valence-electron chi connectivity index (χ4n) is 1.86. The minimum Gasteiger partial charge on any atom is -0.398 e. The molecule has 0 saturated heterocycles. The van der Waals surface area contributed by atoms with Crippen LogP contribution in [0.1, 0.15) is 0 Å². The average Bonchev–Trinajstić information content (AvgIpc) is 2.45. The van der Waals surface area contributed by atoms with Gasteiger partial charge in [-0.2, -0.15) is 0 Å². The number of urea groups is 1. The van der Waals surface area contributed by atoms with Gasteiger partial charge in [0.1, 0.15) is 0 Å². The lowest BCUT2D eigenvalue weighted by Crippen LogP contribution is -2.37. The van der Waals surface area contributed by atoms with Gasteiger partial charge < -0.3 is 21.3 Å². The van der Waals surface area contributed by atoms with Crippen LogP contribution in [0, 0.1) is 0 Å². The van der Waals surface area contributed by atoms with Crippen LogP contribution < -0.4 is 16.4 Å². The molecule has 0 unspecified atom stereocenters. The Labute approximate surface area is 118 Å². The Hall–Kier alpha value is -2.50. The molecule has 1 heterocycles. The predicted molar refractivity (Wildman–Crippen MR) is 81.7 cm³/mol. The molecule has 0 radical (unpaired) electrons. The number of nitrogens with zero attached hydrogens (tertiary/aromatic N) is 2. The summed E-state index contributed by atoms with van der Waals surface area (Å²) in [4.78, 5) is 17.2. The summed E-state index contributed by atoms with van der Waals surface area (Å²) in [7, 11) is 3.42. The number of hydrogen-bond acceptors (Lipinski definition) is 4. The third-order valence-electron chi connectivity index (χ3n) is 2.93. The van der Waals surface area contributed by atoms with Gasteiger partial charge >= 0.3 is 6.03 Å². The van der Waals surface area contributed by atoms with Crippen LogP contribution in [0.5, 0.6) is 0 Å². The number of aromatic nitrogens is 1. The van der Waals surface area contributed by atoms with Crippen LogP contribution in [0.4, 0.5) is 16.2 Å². The number of benzene rings is 1. The molecule has 0 aliphatic rings. The smallest absolute Gasteiger partial charge is 0.316 e. The minimum atomic E-state index is -0.105. The van der Waals surface area contributed by atoms with Crippen molar-refractivity contribution >= 4 is 28.3 Å². The lowest BCUT2D eigenvalue weighted by Gasteiger charge is -2.13. The second-order valence-electron chi connectivity index (χ2n) is 4.66. The van der Waals surface area contributed by atoms with Crippen LogP contribution in [-0.4, -0.2) is 43.1 Å². The van der Waals surface area contributed by atoms with Gasteiger partial charge in [-0.05, 0) is 24.3 Å². The first-order valence-corrected chi connectivity index (χ1v) is 6.42. The summed E-state index contributed by atoms with van der Waals surface area (Å²) in [5.74, 6) is 0. The molecule has 1 aromatic carbocycles. The van der Waals surface area contributed by atoms with E-state index in [1.807, 2.05) is 24.3 Å². The molecular weight excluding hydrogens is 254 g/mol. The van der Waals surface area contributed by atoms with Gasteiger partial charge in [0.2, 0.25) is 0 Å². The number of nitrogens with two attached hydrogens (primary N) is 1. The molecule has 0 aliphatic carbocycles. The average molecular weight is 273 g/mol. The lowest BCUT2D eigenvalue weighted by atomic mass is 10.1. The van der Waals surface area contributed by atoms with Crippen molar-refractivity contribution in [2.75, 3.05) is 38.2 Å². The molecule has 0 fully saturated rings. The number of nitrogen functional groups attached to an aromatic ring is 1. The van der Waals surface area contributed by atoms with Gasteiger partial charge in [0, 0.05) is 44.5 Å². The molecule has 2 aromatic rings. The summed E-state index contributed by atoms with van der Waals surface area (Å²) in [5, 5.41) is 6.97. The number of pyridine rings is 1. The van der Waals surface area contributed by atoms with Gasteiger partial charge in [0.25, 0.3) is 0 Å². The summed E-state index contributed by atoms with van der Waals surface area (Å²) < 4.78 is 0. The Morgan fingerprint density at radius 2 is 2.10 bits per heavy atom. The Kier molecular flexibility index (Phi) is 4.24. The largest absolute Gasteiger partial charge is 0.398 e. The van der Waals surface area contributed by atoms with Crippen molar-refractivity contribution in [3.63, 3.8) is 0 Å². The van der Waals surface area contributed by atoms with Crippen molar-refractivity contribution in [1.82, 2.24) is 15.2 Å². The summed E-state index contributed by atoms with van der Waals surface area (Å²) in [6, 6.07) is 7.45. The molecular formula is C14H19N5O. The normalized spacial score (nSPS) is 10.3. The van der Waals surface area contributed by atoms with Crippen LogP contribution in [0.3, 0.4) is 0 Å². The number of rotatable bonds is 4. The third kappa shape index (κ3) is 3.09. The first kappa shape index (κ1) is 13.9. The molecule has 6 nitrogen and oxygen atoms in total. The highest BCUT2D eigenvalue weighted by atomic mass is 16.2. The Balaban J connectivity index is 2.00. The molecule has 2 rings (SSSR count). The van der Waals surface area contributed by atoms with E-state index in [-0.39, 0.29) is 6.03 Å². The van der Waals surface area contributed by atoms with Crippen molar-refractivity contribution in [2.45, 2.75) is 0 Å². The highest BCUT2D eigenvalue weighted by Gasteiger charge is 2.05. The zero-order valence-corrected chi connectivity index (χ0v) is 11.7. The lowest BCUT2D eigenvalue weighted by molar-refractivity contribution is 0.218. The fourth-order valence-corrected chi connectivity index (χ4v) is 1.86. The van der Waals surface area contributed by atoms with E-state index >= 15 is 0 Å². The van der Waals surface area contributed by atoms with Gasteiger partial charge in [-0.1, -0.05) is 0 Å². The minimum absolute atomic E-state index is 0.105. The Morgan fingerprint density at radius 3 is 2.85 bits per heavy atom. The fraction of sp³-hybridized carbons (Fsp3) is 0.286. The van der Waals surface area contributed by atoms with E-state index < -0.39 is 0 Å². The molecule has 0 spiro atoms. The Bertz CT molecular complexity index is 612. The first-order chi connectivity index (χ1) is 9.59. The first-order valence-electron chi connectivity index (χ1n) is 6.42. The van der Waals surface area contributed by atoms with E-state index in [0.29, 0.717) is 18.8 Å². The second-order valence-corrected chi connectivity index (χ2v) is 4.66. The summed E-state index contributed by atoms with van der Waals surface area (Å²) >= 11 is 0. The van der Waals surface area contributed by atoms with Crippen LogP contribution in [0.2, 0.25) is 0 Å². The number of amides is 2. The molecule has 0 bridgehead atoms. The molecule has 1 aromatic heterocycles. The van der Waals surface area contributed by atoms with E-state index in [4.69, 9.17) is 5.73 Å². The number of carbonyl (C=O) groups excluding carboxylic acids is 1. The molecule has 4 N–H and O–H groups in total. The van der Waals surface area contributed by atoms with Crippen LogP contribution >= 0.6 is 0 Å². The van der Waals surface area contributed by atoms with Crippen LogP contribution in [0.25, 0.3) is 10.9 Å². The van der Waals surface area contributed by atoms with Crippen molar-refractivity contribution in [2.24, 2.45) is 0 Å². The third-order valence-corrected chi connectivity index (χ3v) is 2.93. The van der Waals surface area contributed by atoms with Crippen molar-refractivity contribution in [3.8, 4) is 0 Å². The topological polar surface area (TPSA) is 83.3 Å². The predicted octanol–water partition coefficient (Wildman–Crippen LogP) is 1.50. The molecule has 0 atom stereocenters.